The van der Waals surface area contributed by atoms with Gasteiger partial charge in [0.1, 0.15) is 0 Å². The van der Waals surface area contributed by atoms with Gasteiger partial charge < -0.3 is 9.47 Å². The molecular weight excluding hydrogens is 168 g/mol. The summed E-state index contributed by atoms with van der Waals surface area (Å²) in [5.74, 6) is 0.163. The zero-order chi connectivity index (χ0) is 9.42. The minimum atomic E-state index is -0.0998. The largest absolute Gasteiger partial charge is 0.465 e. The molecule has 2 aliphatic rings. The summed E-state index contributed by atoms with van der Waals surface area (Å²) < 4.78 is 11.0. The Morgan fingerprint density at radius 1 is 1.23 bits per heavy atom. The molecule has 3 nitrogen and oxygen atoms in total. The normalized spacial score (nSPS) is 45.2. The second-order valence-corrected chi connectivity index (χ2v) is 4.19. The molecule has 2 aliphatic heterocycles. The maximum atomic E-state index is 11.4. The number of rotatable bonds is 0. The van der Waals surface area contributed by atoms with E-state index in [2.05, 4.69) is 6.92 Å². The molecule has 2 heterocycles. The number of esters is 1. The molecule has 0 amide bonds. The lowest BCUT2D eigenvalue weighted by molar-refractivity contribution is -0.161. The highest BCUT2D eigenvalue weighted by Crippen LogP contribution is 2.32. The van der Waals surface area contributed by atoms with Crippen LogP contribution < -0.4 is 0 Å². The minimum absolute atomic E-state index is 0.0856. The van der Waals surface area contributed by atoms with Crippen molar-refractivity contribution in [1.29, 1.82) is 0 Å². The molecule has 2 bridgehead atoms. The highest BCUT2D eigenvalue weighted by molar-refractivity contribution is 5.72. The molecule has 13 heavy (non-hydrogen) atoms. The summed E-state index contributed by atoms with van der Waals surface area (Å²) in [6.45, 7) is 4.49. The summed E-state index contributed by atoms with van der Waals surface area (Å²) in [6, 6.07) is 0. The van der Waals surface area contributed by atoms with Gasteiger partial charge in [-0.25, -0.2) is 0 Å². The fourth-order valence-corrected chi connectivity index (χ4v) is 2.08. The zero-order valence-electron chi connectivity index (χ0n) is 8.16. The Kier molecular flexibility index (Phi) is 2.28. The van der Waals surface area contributed by atoms with Gasteiger partial charge in [0, 0.05) is 5.92 Å². The molecule has 0 spiro atoms. The van der Waals surface area contributed by atoms with Crippen LogP contribution in [-0.4, -0.2) is 24.8 Å². The Labute approximate surface area is 78.4 Å². The van der Waals surface area contributed by atoms with Gasteiger partial charge in [-0.15, -0.1) is 0 Å². The first-order valence-corrected chi connectivity index (χ1v) is 5.00. The Morgan fingerprint density at radius 3 is 2.69 bits per heavy atom. The van der Waals surface area contributed by atoms with Gasteiger partial charge in [0.05, 0.1) is 24.7 Å². The first-order chi connectivity index (χ1) is 6.18. The van der Waals surface area contributed by atoms with Crippen LogP contribution >= 0.6 is 0 Å². The van der Waals surface area contributed by atoms with E-state index >= 15 is 0 Å². The van der Waals surface area contributed by atoms with Crippen molar-refractivity contribution in [3.05, 3.63) is 0 Å². The van der Waals surface area contributed by atoms with Crippen LogP contribution in [0.25, 0.3) is 0 Å². The lowest BCUT2D eigenvalue weighted by atomic mass is 10.0. The van der Waals surface area contributed by atoms with Crippen molar-refractivity contribution in [2.24, 2.45) is 11.8 Å². The van der Waals surface area contributed by atoms with Crippen molar-refractivity contribution < 1.29 is 14.3 Å². The van der Waals surface area contributed by atoms with E-state index in [0.29, 0.717) is 18.6 Å². The molecule has 0 radical (unpaired) electrons. The maximum absolute atomic E-state index is 11.4. The fourth-order valence-electron chi connectivity index (χ4n) is 2.08. The molecule has 0 aliphatic carbocycles. The highest BCUT2D eigenvalue weighted by Gasteiger charge is 2.38. The van der Waals surface area contributed by atoms with Gasteiger partial charge in [0.2, 0.25) is 0 Å². The first kappa shape index (κ1) is 9.00. The summed E-state index contributed by atoms with van der Waals surface area (Å²) in [7, 11) is 0. The molecule has 0 N–H and O–H groups in total. The molecule has 4 atom stereocenters. The van der Waals surface area contributed by atoms with Gasteiger partial charge in [-0.05, 0) is 19.8 Å². The van der Waals surface area contributed by atoms with E-state index in [1.165, 1.54) is 0 Å². The summed E-state index contributed by atoms with van der Waals surface area (Å²) in [5.41, 5.74) is 0. The van der Waals surface area contributed by atoms with E-state index in [0.717, 1.165) is 12.8 Å². The van der Waals surface area contributed by atoms with Gasteiger partial charge in [0.25, 0.3) is 0 Å². The molecule has 0 aromatic heterocycles. The van der Waals surface area contributed by atoms with Gasteiger partial charge in [0.15, 0.2) is 0 Å². The predicted molar refractivity (Wildman–Crippen MR) is 47.2 cm³/mol. The first-order valence-electron chi connectivity index (χ1n) is 5.00. The fraction of sp³-hybridized carbons (Fsp3) is 0.900. The number of cyclic esters (lactones) is 1. The minimum Gasteiger partial charge on any atom is -0.465 e. The second kappa shape index (κ2) is 3.29. The third-order valence-corrected chi connectivity index (χ3v) is 3.14. The Morgan fingerprint density at radius 2 is 1.92 bits per heavy atom. The van der Waals surface area contributed by atoms with Crippen molar-refractivity contribution in [2.45, 2.75) is 38.9 Å². The average molecular weight is 184 g/mol. The molecule has 0 aromatic carbocycles. The molecule has 2 fully saturated rings. The van der Waals surface area contributed by atoms with Crippen LogP contribution in [0.3, 0.4) is 0 Å². The van der Waals surface area contributed by atoms with Crippen molar-refractivity contribution >= 4 is 5.97 Å². The van der Waals surface area contributed by atoms with Gasteiger partial charge in [-0.3, -0.25) is 4.79 Å². The van der Waals surface area contributed by atoms with Gasteiger partial charge >= 0.3 is 5.97 Å². The van der Waals surface area contributed by atoms with Crippen LogP contribution in [0, 0.1) is 11.8 Å². The van der Waals surface area contributed by atoms with Crippen LogP contribution in [0.2, 0.25) is 0 Å². The lowest BCUT2D eigenvalue weighted by Crippen LogP contribution is -2.34. The van der Waals surface area contributed by atoms with E-state index in [1.54, 1.807) is 0 Å². The van der Waals surface area contributed by atoms with Crippen molar-refractivity contribution in [2.75, 3.05) is 6.61 Å². The number of fused-ring (bicyclic) bond motifs is 2. The van der Waals surface area contributed by atoms with Crippen molar-refractivity contribution in [3.63, 3.8) is 0 Å². The van der Waals surface area contributed by atoms with Crippen LogP contribution in [0.4, 0.5) is 0 Å². The summed E-state index contributed by atoms with van der Waals surface area (Å²) in [6.07, 6.45) is 2.48. The molecule has 4 unspecified atom stereocenters. The summed E-state index contributed by atoms with van der Waals surface area (Å²) in [4.78, 5) is 11.4. The SMILES string of the molecule is CC1COC(=O)C(C)C2CCC1O2. The van der Waals surface area contributed by atoms with E-state index in [9.17, 15) is 4.79 Å². The lowest BCUT2D eigenvalue weighted by Gasteiger charge is -2.26. The molecule has 2 saturated heterocycles. The molecular formula is C10H16O3. The van der Waals surface area contributed by atoms with Gasteiger partial charge in [-0.1, -0.05) is 6.92 Å². The highest BCUT2D eigenvalue weighted by atomic mass is 16.6. The van der Waals surface area contributed by atoms with E-state index < -0.39 is 0 Å². The Bertz CT molecular complexity index is 214. The molecule has 3 heteroatoms. The van der Waals surface area contributed by atoms with E-state index in [4.69, 9.17) is 9.47 Å². The maximum Gasteiger partial charge on any atom is 0.311 e. The number of carbonyl (C=O) groups is 1. The third kappa shape index (κ3) is 1.57. The van der Waals surface area contributed by atoms with Crippen LogP contribution in [0.5, 0.6) is 0 Å². The third-order valence-electron chi connectivity index (χ3n) is 3.14. The number of hydrogen-bond acceptors (Lipinski definition) is 3. The topological polar surface area (TPSA) is 35.5 Å². The Hall–Kier alpha value is -0.570. The second-order valence-electron chi connectivity index (χ2n) is 4.19. The molecule has 0 aromatic rings. The zero-order valence-corrected chi connectivity index (χ0v) is 8.16. The Balaban J connectivity index is 2.12. The summed E-state index contributed by atoms with van der Waals surface area (Å²) >= 11 is 0. The molecule has 74 valence electrons. The van der Waals surface area contributed by atoms with Crippen molar-refractivity contribution in [1.82, 2.24) is 0 Å². The van der Waals surface area contributed by atoms with Crippen LogP contribution in [-0.2, 0) is 14.3 Å². The summed E-state index contributed by atoms with van der Waals surface area (Å²) in [5, 5.41) is 0. The number of hydrogen-bond donors (Lipinski definition) is 0. The van der Waals surface area contributed by atoms with Crippen molar-refractivity contribution in [3.8, 4) is 0 Å². The number of ether oxygens (including phenoxy) is 2. The van der Waals surface area contributed by atoms with Crippen LogP contribution in [0.1, 0.15) is 26.7 Å². The standard InChI is InChI=1S/C10H16O3/c1-6-5-12-10(11)7(2)9-4-3-8(6)13-9/h6-9H,3-5H2,1-2H3. The quantitative estimate of drug-likeness (QED) is 0.533. The molecule has 0 saturated carbocycles. The average Bonchev–Trinajstić information content (AvgIpc) is 2.60. The monoisotopic (exact) mass is 184 g/mol. The van der Waals surface area contributed by atoms with Gasteiger partial charge in [-0.2, -0.15) is 0 Å². The predicted octanol–water partition coefficient (Wildman–Crippen LogP) is 1.36. The smallest absolute Gasteiger partial charge is 0.311 e. The van der Waals surface area contributed by atoms with E-state index in [1.807, 2.05) is 6.92 Å². The van der Waals surface area contributed by atoms with E-state index in [-0.39, 0.29) is 18.0 Å². The molecule has 2 rings (SSSR count). The van der Waals surface area contributed by atoms with Crippen LogP contribution in [0.15, 0.2) is 0 Å². The number of carbonyl (C=O) groups excluding carboxylic acids is 1.